The molecule has 5 nitrogen and oxygen atoms in total. The van der Waals surface area contributed by atoms with Crippen LogP contribution in [0, 0.1) is 23.7 Å². The van der Waals surface area contributed by atoms with Crippen molar-refractivity contribution in [2.45, 2.75) is 0 Å². The first-order valence-corrected chi connectivity index (χ1v) is 8.13. The average Bonchev–Trinajstić information content (AvgIpc) is 3.17. The van der Waals surface area contributed by atoms with Gasteiger partial charge in [0.15, 0.2) is 23.0 Å². The van der Waals surface area contributed by atoms with E-state index in [1.54, 1.807) is 45.6 Å². The molecule has 5 heteroatoms. The first-order chi connectivity index (χ1) is 13.2. The van der Waals surface area contributed by atoms with E-state index >= 15 is 0 Å². The lowest BCUT2D eigenvalue weighted by atomic mass is 10.2. The van der Waals surface area contributed by atoms with Crippen LogP contribution in [0.3, 0.4) is 0 Å². The van der Waals surface area contributed by atoms with E-state index in [-0.39, 0.29) is 6.79 Å². The van der Waals surface area contributed by atoms with Crippen LogP contribution < -0.4 is 23.7 Å². The topological polar surface area (TPSA) is 46.2 Å². The summed E-state index contributed by atoms with van der Waals surface area (Å²) in [6, 6.07) is 9.17. The molecule has 27 heavy (non-hydrogen) atoms. The van der Waals surface area contributed by atoms with Crippen molar-refractivity contribution in [2.24, 2.45) is 0 Å². The van der Waals surface area contributed by atoms with E-state index in [9.17, 15) is 0 Å². The fourth-order valence-corrected chi connectivity index (χ4v) is 2.46. The molecule has 0 fully saturated rings. The van der Waals surface area contributed by atoms with Gasteiger partial charge >= 0.3 is 0 Å². The second-order valence-electron chi connectivity index (χ2n) is 5.35. The van der Waals surface area contributed by atoms with E-state index in [0.29, 0.717) is 23.0 Å². The van der Waals surface area contributed by atoms with Gasteiger partial charge in [-0.3, -0.25) is 0 Å². The van der Waals surface area contributed by atoms with Crippen LogP contribution in [0.15, 0.2) is 42.5 Å². The number of methoxy groups -OCH3 is 3. The average molecular weight is 362 g/mol. The number of ether oxygens (including phenoxy) is 5. The number of hydrogen-bond acceptors (Lipinski definition) is 5. The van der Waals surface area contributed by atoms with Crippen molar-refractivity contribution in [3.63, 3.8) is 0 Å². The quantitative estimate of drug-likeness (QED) is 0.783. The molecule has 0 amide bonds. The van der Waals surface area contributed by atoms with Gasteiger partial charge in [-0.2, -0.15) is 0 Å². The van der Waals surface area contributed by atoms with Crippen LogP contribution in [0.4, 0.5) is 0 Å². The summed E-state index contributed by atoms with van der Waals surface area (Å²) in [6.07, 6.45) is 3.37. The molecule has 0 atom stereocenters. The molecule has 0 aromatic heterocycles. The highest BCUT2D eigenvalue weighted by atomic mass is 16.7. The van der Waals surface area contributed by atoms with Crippen LogP contribution in [0.5, 0.6) is 28.7 Å². The third kappa shape index (κ3) is 4.29. The van der Waals surface area contributed by atoms with E-state index in [2.05, 4.69) is 23.7 Å². The zero-order chi connectivity index (χ0) is 19.1. The number of rotatable bonds is 3. The minimum Gasteiger partial charge on any atom is -0.493 e. The summed E-state index contributed by atoms with van der Waals surface area (Å²) < 4.78 is 26.5. The van der Waals surface area contributed by atoms with Crippen LogP contribution in [0.2, 0.25) is 0 Å². The largest absolute Gasteiger partial charge is 0.493 e. The number of hydrogen-bond donors (Lipinski definition) is 0. The molecule has 3 rings (SSSR count). The molecule has 0 N–H and O–H groups in total. The van der Waals surface area contributed by atoms with Crippen LogP contribution in [0.1, 0.15) is 11.1 Å². The minimum absolute atomic E-state index is 0.253. The lowest BCUT2D eigenvalue weighted by Gasteiger charge is -2.12. The van der Waals surface area contributed by atoms with E-state index in [4.69, 9.17) is 23.7 Å². The molecule has 1 heterocycles. The summed E-state index contributed by atoms with van der Waals surface area (Å²) in [5.74, 6) is 15.1. The summed E-state index contributed by atoms with van der Waals surface area (Å²) in [5, 5.41) is 0. The standard InChI is InChI=1S/C22H18O5/c1-23-20-13-17(14-21(24-2)22(20)25-3)9-7-5-4-6-8-16-10-11-18-19(12-16)27-15-26-18/h4-5,10-14H,15H2,1-3H3/b5-4+. The van der Waals surface area contributed by atoms with Gasteiger partial charge in [0.05, 0.1) is 21.3 Å². The molecule has 1 aliphatic heterocycles. The normalized spacial score (nSPS) is 11.2. The van der Waals surface area contributed by atoms with Gasteiger partial charge in [0.2, 0.25) is 12.5 Å². The molecule has 0 radical (unpaired) electrons. The Hall–Kier alpha value is -3.70. The molecular formula is C22H18O5. The van der Waals surface area contributed by atoms with Crippen molar-refractivity contribution in [1.82, 2.24) is 0 Å². The smallest absolute Gasteiger partial charge is 0.231 e. The van der Waals surface area contributed by atoms with Crippen molar-refractivity contribution < 1.29 is 23.7 Å². The Morgan fingerprint density at radius 3 is 2.04 bits per heavy atom. The van der Waals surface area contributed by atoms with Gasteiger partial charge in [-0.05, 0) is 42.5 Å². The monoisotopic (exact) mass is 362 g/mol. The fourth-order valence-electron chi connectivity index (χ4n) is 2.46. The van der Waals surface area contributed by atoms with Crippen molar-refractivity contribution in [3.8, 4) is 52.4 Å². The van der Waals surface area contributed by atoms with Gasteiger partial charge in [0.1, 0.15) is 0 Å². The van der Waals surface area contributed by atoms with E-state index in [1.807, 2.05) is 18.2 Å². The minimum atomic E-state index is 0.253. The molecule has 0 bridgehead atoms. The van der Waals surface area contributed by atoms with Crippen molar-refractivity contribution >= 4 is 0 Å². The predicted molar refractivity (Wildman–Crippen MR) is 102 cm³/mol. The first kappa shape index (κ1) is 18.1. The van der Waals surface area contributed by atoms with Crippen LogP contribution in [0.25, 0.3) is 0 Å². The Bertz CT molecular complexity index is 958. The Morgan fingerprint density at radius 2 is 1.41 bits per heavy atom. The molecule has 2 aromatic rings. The Morgan fingerprint density at radius 1 is 0.778 bits per heavy atom. The van der Waals surface area contributed by atoms with E-state index in [1.165, 1.54) is 0 Å². The highest BCUT2D eigenvalue weighted by molar-refractivity contribution is 5.57. The van der Waals surface area contributed by atoms with E-state index < -0.39 is 0 Å². The van der Waals surface area contributed by atoms with Gasteiger partial charge in [-0.1, -0.05) is 23.7 Å². The third-order valence-electron chi connectivity index (χ3n) is 3.72. The molecule has 0 saturated heterocycles. The van der Waals surface area contributed by atoms with Crippen LogP contribution in [-0.4, -0.2) is 28.1 Å². The number of benzene rings is 2. The Labute approximate surface area is 158 Å². The van der Waals surface area contributed by atoms with Crippen molar-refractivity contribution in [1.29, 1.82) is 0 Å². The Balaban J connectivity index is 1.70. The molecular weight excluding hydrogens is 344 g/mol. The molecule has 0 unspecified atom stereocenters. The number of allylic oxidation sites excluding steroid dienone is 2. The van der Waals surface area contributed by atoms with Crippen molar-refractivity contribution in [3.05, 3.63) is 53.6 Å². The van der Waals surface area contributed by atoms with Gasteiger partial charge in [-0.15, -0.1) is 0 Å². The maximum Gasteiger partial charge on any atom is 0.231 e. The summed E-state index contributed by atoms with van der Waals surface area (Å²) in [4.78, 5) is 0. The first-order valence-electron chi connectivity index (χ1n) is 8.13. The second kappa shape index (κ2) is 8.60. The van der Waals surface area contributed by atoms with Gasteiger partial charge < -0.3 is 23.7 Å². The third-order valence-corrected chi connectivity index (χ3v) is 3.72. The van der Waals surface area contributed by atoms with Crippen molar-refractivity contribution in [2.75, 3.05) is 28.1 Å². The SMILES string of the molecule is COc1cc(C#C/C=C/C#Cc2ccc3c(c2)OCO3)cc(OC)c1OC. The van der Waals surface area contributed by atoms with Crippen LogP contribution in [-0.2, 0) is 0 Å². The fraction of sp³-hybridized carbons (Fsp3) is 0.182. The molecule has 0 spiro atoms. The number of fused-ring (bicyclic) bond motifs is 1. The summed E-state index contributed by atoms with van der Waals surface area (Å²) in [6.45, 7) is 0.253. The van der Waals surface area contributed by atoms with Gasteiger partial charge in [0, 0.05) is 11.1 Å². The maximum atomic E-state index is 5.33. The summed E-state index contributed by atoms with van der Waals surface area (Å²) >= 11 is 0. The molecule has 2 aromatic carbocycles. The summed E-state index contributed by atoms with van der Waals surface area (Å²) in [5.41, 5.74) is 1.60. The molecule has 136 valence electrons. The Kier molecular flexibility index (Phi) is 5.77. The molecule has 0 saturated carbocycles. The highest BCUT2D eigenvalue weighted by Gasteiger charge is 2.13. The molecule has 0 aliphatic carbocycles. The zero-order valence-corrected chi connectivity index (χ0v) is 15.3. The van der Waals surface area contributed by atoms with Gasteiger partial charge in [-0.25, -0.2) is 0 Å². The maximum absolute atomic E-state index is 5.33. The lowest BCUT2D eigenvalue weighted by molar-refractivity contribution is 0.174. The highest BCUT2D eigenvalue weighted by Crippen LogP contribution is 2.37. The van der Waals surface area contributed by atoms with Gasteiger partial charge in [0.25, 0.3) is 0 Å². The second-order valence-corrected chi connectivity index (χ2v) is 5.35. The predicted octanol–water partition coefficient (Wildman–Crippen LogP) is 3.40. The van der Waals surface area contributed by atoms with Crippen LogP contribution >= 0.6 is 0 Å². The zero-order valence-electron chi connectivity index (χ0n) is 15.3. The lowest BCUT2D eigenvalue weighted by Crippen LogP contribution is -1.95. The summed E-state index contributed by atoms with van der Waals surface area (Å²) in [7, 11) is 4.70. The van der Waals surface area contributed by atoms with E-state index in [0.717, 1.165) is 16.9 Å². The molecule has 1 aliphatic rings.